The summed E-state index contributed by atoms with van der Waals surface area (Å²) >= 11 is 0. The van der Waals surface area contributed by atoms with E-state index in [1.54, 1.807) is 24.3 Å². The van der Waals surface area contributed by atoms with Crippen LogP contribution in [0.2, 0.25) is 0 Å². The van der Waals surface area contributed by atoms with E-state index in [2.05, 4.69) is 34.0 Å². The SMILES string of the molecule is CCc1cc(=O)[nH]c(-c2cccc(NC(=O)c3ccc(CN(CC)CC)o3)c2)n1. The normalized spacial score (nSPS) is 11.0. The van der Waals surface area contributed by atoms with Gasteiger partial charge in [-0.3, -0.25) is 14.5 Å². The third-order valence-electron chi connectivity index (χ3n) is 4.71. The molecule has 0 aliphatic carbocycles. The van der Waals surface area contributed by atoms with Gasteiger partial charge in [-0.1, -0.05) is 32.9 Å². The van der Waals surface area contributed by atoms with Gasteiger partial charge in [-0.25, -0.2) is 4.98 Å². The molecule has 3 aromatic rings. The predicted octanol–water partition coefficient (Wildman–Crippen LogP) is 3.69. The lowest BCUT2D eigenvalue weighted by Gasteiger charge is -2.15. The molecule has 2 heterocycles. The Kier molecular flexibility index (Phi) is 6.61. The first-order valence-electron chi connectivity index (χ1n) is 9.85. The lowest BCUT2D eigenvalue weighted by Crippen LogP contribution is -2.21. The summed E-state index contributed by atoms with van der Waals surface area (Å²) < 4.78 is 5.70. The molecule has 7 nitrogen and oxygen atoms in total. The summed E-state index contributed by atoms with van der Waals surface area (Å²) in [6.45, 7) is 8.63. The topological polar surface area (TPSA) is 91.2 Å². The number of aryl methyl sites for hydroxylation is 1. The highest BCUT2D eigenvalue weighted by atomic mass is 16.4. The summed E-state index contributed by atoms with van der Waals surface area (Å²) in [6.07, 6.45) is 0.668. The maximum Gasteiger partial charge on any atom is 0.291 e. The summed E-state index contributed by atoms with van der Waals surface area (Å²) in [4.78, 5) is 33.8. The van der Waals surface area contributed by atoms with Gasteiger partial charge in [0, 0.05) is 23.0 Å². The van der Waals surface area contributed by atoms with Crippen molar-refractivity contribution in [3.63, 3.8) is 0 Å². The summed E-state index contributed by atoms with van der Waals surface area (Å²) in [5.41, 5.74) is 1.84. The first-order valence-corrected chi connectivity index (χ1v) is 9.85. The minimum Gasteiger partial charge on any atom is -0.455 e. The number of hydrogen-bond acceptors (Lipinski definition) is 5. The molecule has 152 valence electrons. The Morgan fingerprint density at radius 3 is 2.66 bits per heavy atom. The average Bonchev–Trinajstić information content (AvgIpc) is 3.20. The molecule has 0 fully saturated rings. The molecule has 3 rings (SSSR count). The minimum atomic E-state index is -0.322. The monoisotopic (exact) mass is 394 g/mol. The van der Waals surface area contributed by atoms with Crippen LogP contribution in [0, 0.1) is 0 Å². The van der Waals surface area contributed by atoms with Crippen LogP contribution in [0.4, 0.5) is 5.69 Å². The zero-order valence-electron chi connectivity index (χ0n) is 17.0. The average molecular weight is 394 g/mol. The van der Waals surface area contributed by atoms with E-state index in [1.807, 2.05) is 19.1 Å². The number of anilines is 1. The molecule has 0 aliphatic rings. The maximum atomic E-state index is 12.6. The summed E-state index contributed by atoms with van der Waals surface area (Å²) in [7, 11) is 0. The Bertz CT molecular complexity index is 1030. The van der Waals surface area contributed by atoms with E-state index in [0.717, 1.165) is 30.1 Å². The highest BCUT2D eigenvalue weighted by Crippen LogP contribution is 2.20. The number of carbonyl (C=O) groups is 1. The van der Waals surface area contributed by atoms with Crippen molar-refractivity contribution in [1.29, 1.82) is 0 Å². The molecule has 0 spiro atoms. The van der Waals surface area contributed by atoms with Crippen molar-refractivity contribution in [3.8, 4) is 11.4 Å². The number of hydrogen-bond donors (Lipinski definition) is 2. The van der Waals surface area contributed by atoms with Crippen LogP contribution in [0.15, 0.2) is 51.7 Å². The van der Waals surface area contributed by atoms with E-state index in [9.17, 15) is 9.59 Å². The quantitative estimate of drug-likeness (QED) is 0.608. The third-order valence-corrected chi connectivity index (χ3v) is 4.71. The molecule has 0 saturated heterocycles. The molecule has 0 unspecified atom stereocenters. The number of furan rings is 1. The standard InChI is InChI=1S/C22H26N4O3/c1-4-16-13-20(27)25-21(23-16)15-8-7-9-17(12-15)24-22(28)19-11-10-18(29-19)14-26(5-2)6-3/h7-13H,4-6,14H2,1-3H3,(H,24,28)(H,23,25,27). The number of aromatic amines is 1. The molecule has 0 aliphatic heterocycles. The van der Waals surface area contributed by atoms with Gasteiger partial charge in [0.15, 0.2) is 5.76 Å². The summed E-state index contributed by atoms with van der Waals surface area (Å²) in [5.74, 6) is 1.17. The largest absolute Gasteiger partial charge is 0.455 e. The van der Waals surface area contributed by atoms with Crippen molar-refractivity contribution in [2.24, 2.45) is 0 Å². The van der Waals surface area contributed by atoms with Gasteiger partial charge in [0.05, 0.1) is 6.54 Å². The fourth-order valence-electron chi connectivity index (χ4n) is 3.02. The van der Waals surface area contributed by atoms with Gasteiger partial charge in [-0.2, -0.15) is 0 Å². The van der Waals surface area contributed by atoms with E-state index in [1.165, 1.54) is 6.07 Å². The highest BCUT2D eigenvalue weighted by molar-refractivity contribution is 6.02. The molecule has 0 radical (unpaired) electrons. The van der Waals surface area contributed by atoms with Crippen molar-refractivity contribution in [1.82, 2.24) is 14.9 Å². The van der Waals surface area contributed by atoms with Crippen LogP contribution in [-0.2, 0) is 13.0 Å². The molecule has 0 saturated carbocycles. The third kappa shape index (κ3) is 5.20. The van der Waals surface area contributed by atoms with Crippen LogP contribution in [0.1, 0.15) is 42.8 Å². The Hall–Kier alpha value is -3.19. The van der Waals surface area contributed by atoms with Crippen molar-refractivity contribution >= 4 is 11.6 Å². The van der Waals surface area contributed by atoms with Gasteiger partial charge in [0.2, 0.25) is 0 Å². The summed E-state index contributed by atoms with van der Waals surface area (Å²) in [5, 5.41) is 2.84. The number of nitrogens with zero attached hydrogens (tertiary/aromatic N) is 2. The number of nitrogens with one attached hydrogen (secondary N) is 2. The molecule has 0 bridgehead atoms. The smallest absolute Gasteiger partial charge is 0.291 e. The van der Waals surface area contributed by atoms with Gasteiger partial charge in [0.25, 0.3) is 11.5 Å². The second kappa shape index (κ2) is 9.34. The van der Waals surface area contributed by atoms with Crippen molar-refractivity contribution in [3.05, 3.63) is 70.0 Å². The molecule has 0 atom stereocenters. The number of carbonyl (C=O) groups excluding carboxylic acids is 1. The molecule has 1 aromatic carbocycles. The molecule has 29 heavy (non-hydrogen) atoms. The van der Waals surface area contributed by atoms with Crippen LogP contribution in [0.3, 0.4) is 0 Å². The van der Waals surface area contributed by atoms with Crippen LogP contribution < -0.4 is 10.9 Å². The van der Waals surface area contributed by atoms with E-state index >= 15 is 0 Å². The highest BCUT2D eigenvalue weighted by Gasteiger charge is 2.13. The van der Waals surface area contributed by atoms with Crippen LogP contribution in [0.5, 0.6) is 0 Å². The van der Waals surface area contributed by atoms with Gasteiger partial charge in [-0.05, 0) is 43.8 Å². The minimum absolute atomic E-state index is 0.197. The van der Waals surface area contributed by atoms with Crippen molar-refractivity contribution in [2.45, 2.75) is 33.7 Å². The van der Waals surface area contributed by atoms with Gasteiger partial charge >= 0.3 is 0 Å². The van der Waals surface area contributed by atoms with Crippen molar-refractivity contribution in [2.75, 3.05) is 18.4 Å². The number of amides is 1. The zero-order valence-corrected chi connectivity index (χ0v) is 17.0. The molecule has 2 N–H and O–H groups in total. The lowest BCUT2D eigenvalue weighted by atomic mass is 10.1. The van der Waals surface area contributed by atoms with Crippen LogP contribution in [-0.4, -0.2) is 33.9 Å². The number of rotatable bonds is 8. The fraction of sp³-hybridized carbons (Fsp3) is 0.318. The Morgan fingerprint density at radius 2 is 1.93 bits per heavy atom. The Labute approximate surface area is 169 Å². The second-order valence-corrected chi connectivity index (χ2v) is 6.70. The molecular formula is C22H26N4O3. The van der Waals surface area contributed by atoms with E-state index in [0.29, 0.717) is 24.5 Å². The zero-order chi connectivity index (χ0) is 20.8. The van der Waals surface area contributed by atoms with E-state index in [4.69, 9.17) is 4.42 Å². The van der Waals surface area contributed by atoms with Gasteiger partial charge < -0.3 is 14.7 Å². The van der Waals surface area contributed by atoms with E-state index < -0.39 is 0 Å². The van der Waals surface area contributed by atoms with Crippen LogP contribution >= 0.6 is 0 Å². The number of benzene rings is 1. The first-order chi connectivity index (χ1) is 14.0. The summed E-state index contributed by atoms with van der Waals surface area (Å²) in [6, 6.07) is 12.2. The molecule has 7 heteroatoms. The van der Waals surface area contributed by atoms with Crippen LogP contribution in [0.25, 0.3) is 11.4 Å². The van der Waals surface area contributed by atoms with Crippen molar-refractivity contribution < 1.29 is 9.21 Å². The Morgan fingerprint density at radius 1 is 1.14 bits per heavy atom. The molecular weight excluding hydrogens is 368 g/mol. The molecule has 2 aromatic heterocycles. The van der Waals surface area contributed by atoms with Gasteiger partial charge in [0.1, 0.15) is 11.6 Å². The Balaban J connectivity index is 1.75. The number of H-pyrrole nitrogens is 1. The molecule has 1 amide bonds. The fourth-order valence-corrected chi connectivity index (χ4v) is 3.02. The van der Waals surface area contributed by atoms with E-state index in [-0.39, 0.29) is 17.2 Å². The lowest BCUT2D eigenvalue weighted by molar-refractivity contribution is 0.0993. The number of aromatic nitrogens is 2. The maximum absolute atomic E-state index is 12.6. The second-order valence-electron chi connectivity index (χ2n) is 6.70. The first kappa shape index (κ1) is 20.5. The predicted molar refractivity (Wildman–Crippen MR) is 113 cm³/mol. The van der Waals surface area contributed by atoms with Gasteiger partial charge in [-0.15, -0.1) is 0 Å².